The second kappa shape index (κ2) is 2.34. The summed E-state index contributed by atoms with van der Waals surface area (Å²) in [5.74, 6) is 0.370. The van der Waals surface area contributed by atoms with Gasteiger partial charge in [-0.25, -0.2) is 0 Å². The largest absolute Gasteiger partial charge is 0.457 e. The van der Waals surface area contributed by atoms with Crippen molar-refractivity contribution in [2.45, 2.75) is 18.9 Å². The molecule has 2 atom stereocenters. The quantitative estimate of drug-likeness (QED) is 0.561. The van der Waals surface area contributed by atoms with Gasteiger partial charge in [-0.05, 0) is 17.5 Å². The summed E-state index contributed by atoms with van der Waals surface area (Å²) in [6.45, 7) is 0. The maximum atomic E-state index is 11.0. The molecule has 0 spiro atoms. The van der Waals surface area contributed by atoms with Crippen molar-refractivity contribution in [2.75, 3.05) is 0 Å². The van der Waals surface area contributed by atoms with Gasteiger partial charge in [-0.3, -0.25) is 4.79 Å². The topological polar surface area (TPSA) is 26.3 Å². The second-order valence-electron chi connectivity index (χ2n) is 3.78. The summed E-state index contributed by atoms with van der Waals surface area (Å²) >= 11 is 0. The Kier molecular flexibility index (Phi) is 1.29. The molecule has 1 aliphatic carbocycles. The number of carbonyl (C=O) groups excluding carboxylic acids is 1. The minimum absolute atomic E-state index is 0.0375. The van der Waals surface area contributed by atoms with E-state index in [4.69, 9.17) is 4.74 Å². The van der Waals surface area contributed by atoms with Crippen molar-refractivity contribution in [3.8, 4) is 0 Å². The van der Waals surface area contributed by atoms with Gasteiger partial charge in [-0.1, -0.05) is 24.3 Å². The molecular weight excluding hydrogens is 164 g/mol. The first-order valence-corrected chi connectivity index (χ1v) is 4.62. The Morgan fingerprint density at radius 3 is 3.00 bits per heavy atom. The molecule has 66 valence electrons. The fourth-order valence-corrected chi connectivity index (χ4v) is 2.38. The average Bonchev–Trinajstić information content (AvgIpc) is 2.60. The van der Waals surface area contributed by atoms with Crippen molar-refractivity contribution < 1.29 is 9.53 Å². The molecule has 0 radical (unpaired) electrons. The van der Waals surface area contributed by atoms with Gasteiger partial charge >= 0.3 is 5.97 Å². The van der Waals surface area contributed by atoms with Crippen LogP contribution in [0.1, 0.15) is 23.7 Å². The van der Waals surface area contributed by atoms with E-state index in [2.05, 4.69) is 12.1 Å². The Morgan fingerprint density at radius 2 is 2.08 bits per heavy atom. The van der Waals surface area contributed by atoms with Crippen molar-refractivity contribution in [3.63, 3.8) is 0 Å². The van der Waals surface area contributed by atoms with Crippen molar-refractivity contribution in [1.82, 2.24) is 0 Å². The van der Waals surface area contributed by atoms with Crippen LogP contribution < -0.4 is 0 Å². The molecule has 13 heavy (non-hydrogen) atoms. The van der Waals surface area contributed by atoms with Gasteiger partial charge in [0.15, 0.2) is 0 Å². The normalized spacial score (nSPS) is 29.7. The number of ether oxygens (including phenoxy) is 1. The number of fused-ring (bicyclic) bond motifs is 3. The van der Waals surface area contributed by atoms with E-state index in [0.717, 1.165) is 6.42 Å². The van der Waals surface area contributed by atoms with Gasteiger partial charge in [0.1, 0.15) is 6.10 Å². The van der Waals surface area contributed by atoms with Crippen molar-refractivity contribution in [1.29, 1.82) is 0 Å². The number of esters is 1. The van der Waals surface area contributed by atoms with Crippen LogP contribution >= 0.6 is 0 Å². The summed E-state index contributed by atoms with van der Waals surface area (Å²) in [4.78, 5) is 11.0. The second-order valence-corrected chi connectivity index (χ2v) is 3.78. The third-order valence-corrected chi connectivity index (χ3v) is 2.96. The van der Waals surface area contributed by atoms with E-state index in [1.807, 2.05) is 12.1 Å². The Morgan fingerprint density at radius 1 is 1.23 bits per heavy atom. The summed E-state index contributed by atoms with van der Waals surface area (Å²) in [7, 11) is 0. The summed E-state index contributed by atoms with van der Waals surface area (Å²) in [6, 6.07) is 8.25. The number of hydrogen-bond acceptors (Lipinski definition) is 2. The first kappa shape index (κ1) is 7.13. The van der Waals surface area contributed by atoms with Crippen LogP contribution in [-0.2, 0) is 16.0 Å². The Labute approximate surface area is 76.5 Å². The lowest BCUT2D eigenvalue weighted by Gasteiger charge is -2.07. The summed E-state index contributed by atoms with van der Waals surface area (Å²) < 4.78 is 5.27. The highest BCUT2D eigenvalue weighted by atomic mass is 16.6. The van der Waals surface area contributed by atoms with Crippen LogP contribution in [0, 0.1) is 5.92 Å². The van der Waals surface area contributed by atoms with Crippen LogP contribution in [-0.4, -0.2) is 5.97 Å². The predicted molar refractivity (Wildman–Crippen MR) is 47.1 cm³/mol. The Hall–Kier alpha value is -1.31. The maximum Gasteiger partial charge on any atom is 0.306 e. The minimum atomic E-state index is -0.0375. The molecule has 0 bridgehead atoms. The molecule has 1 fully saturated rings. The highest BCUT2D eigenvalue weighted by Crippen LogP contribution is 2.44. The summed E-state index contributed by atoms with van der Waals surface area (Å²) in [5.41, 5.74) is 2.57. The lowest BCUT2D eigenvalue weighted by molar-refractivity contribution is -0.141. The molecule has 0 aromatic heterocycles. The zero-order valence-corrected chi connectivity index (χ0v) is 7.19. The predicted octanol–water partition coefficient (Wildman–Crippen LogP) is 1.85. The van der Waals surface area contributed by atoms with Crippen LogP contribution in [0.25, 0.3) is 0 Å². The van der Waals surface area contributed by atoms with E-state index in [0.29, 0.717) is 12.3 Å². The highest BCUT2D eigenvalue weighted by molar-refractivity contribution is 5.73. The molecule has 2 nitrogen and oxygen atoms in total. The summed E-state index contributed by atoms with van der Waals surface area (Å²) in [6.07, 6.45) is 1.66. The number of rotatable bonds is 0. The monoisotopic (exact) mass is 174 g/mol. The smallest absolute Gasteiger partial charge is 0.306 e. The molecule has 0 unspecified atom stereocenters. The van der Waals surface area contributed by atoms with Gasteiger partial charge in [-0.2, -0.15) is 0 Å². The van der Waals surface area contributed by atoms with E-state index in [1.54, 1.807) is 0 Å². The highest BCUT2D eigenvalue weighted by Gasteiger charge is 2.41. The van der Waals surface area contributed by atoms with Crippen molar-refractivity contribution >= 4 is 5.97 Å². The van der Waals surface area contributed by atoms with Gasteiger partial charge in [0.2, 0.25) is 0 Å². The lowest BCUT2D eigenvalue weighted by atomic mass is 10.0. The van der Waals surface area contributed by atoms with Gasteiger partial charge in [0, 0.05) is 5.92 Å². The molecule has 1 aliphatic heterocycles. The standard InChI is InChI=1S/C11H10O2/c12-10-6-8-5-7-3-1-2-4-9(7)11(8)13-10/h1-4,8,11H,5-6H2/t8-,11+/m0/s1. The van der Waals surface area contributed by atoms with E-state index in [-0.39, 0.29) is 12.1 Å². The minimum Gasteiger partial charge on any atom is -0.457 e. The third-order valence-electron chi connectivity index (χ3n) is 2.96. The maximum absolute atomic E-state index is 11.0. The molecule has 0 saturated carbocycles. The van der Waals surface area contributed by atoms with Gasteiger partial charge in [0.05, 0.1) is 6.42 Å². The molecule has 2 heteroatoms. The SMILES string of the molecule is O=C1C[C@@H]2Cc3ccccc3[C@@H]2O1. The zero-order chi connectivity index (χ0) is 8.84. The van der Waals surface area contributed by atoms with Crippen molar-refractivity contribution in [2.24, 2.45) is 5.92 Å². The number of benzene rings is 1. The van der Waals surface area contributed by atoms with Gasteiger partial charge in [-0.15, -0.1) is 0 Å². The molecule has 3 rings (SSSR count). The molecule has 1 aromatic carbocycles. The van der Waals surface area contributed by atoms with Gasteiger partial charge in [0.25, 0.3) is 0 Å². The first-order valence-electron chi connectivity index (χ1n) is 4.62. The fraction of sp³-hybridized carbons (Fsp3) is 0.364. The first-order chi connectivity index (χ1) is 6.34. The molecule has 0 N–H and O–H groups in total. The van der Waals surface area contributed by atoms with Crippen LogP contribution in [0.15, 0.2) is 24.3 Å². The Balaban J connectivity index is 2.06. The number of hydrogen-bond donors (Lipinski definition) is 0. The molecule has 1 heterocycles. The summed E-state index contributed by atoms with van der Waals surface area (Å²) in [5, 5.41) is 0. The van der Waals surface area contributed by atoms with E-state index in [1.165, 1.54) is 11.1 Å². The van der Waals surface area contributed by atoms with Crippen molar-refractivity contribution in [3.05, 3.63) is 35.4 Å². The zero-order valence-electron chi connectivity index (χ0n) is 7.19. The third kappa shape index (κ3) is 0.916. The van der Waals surface area contributed by atoms with E-state index in [9.17, 15) is 4.79 Å². The van der Waals surface area contributed by atoms with Crippen LogP contribution in [0.2, 0.25) is 0 Å². The molecule has 1 aromatic rings. The van der Waals surface area contributed by atoms with Crippen LogP contribution in [0.4, 0.5) is 0 Å². The molecule has 2 aliphatic rings. The number of carbonyl (C=O) groups is 1. The fourth-order valence-electron chi connectivity index (χ4n) is 2.38. The molecular formula is C11H10O2. The van der Waals surface area contributed by atoms with Gasteiger partial charge < -0.3 is 4.74 Å². The van der Waals surface area contributed by atoms with E-state index >= 15 is 0 Å². The lowest BCUT2D eigenvalue weighted by Crippen LogP contribution is -1.99. The molecule has 0 amide bonds. The van der Waals surface area contributed by atoms with Crippen LogP contribution in [0.3, 0.4) is 0 Å². The van der Waals surface area contributed by atoms with Crippen LogP contribution in [0.5, 0.6) is 0 Å². The van der Waals surface area contributed by atoms with E-state index < -0.39 is 0 Å². The average molecular weight is 174 g/mol. The molecule has 1 saturated heterocycles. The Bertz CT molecular complexity index is 370.